The van der Waals surface area contributed by atoms with Gasteiger partial charge in [-0.25, -0.2) is 15.0 Å². The van der Waals surface area contributed by atoms with Gasteiger partial charge in [0, 0.05) is 67.5 Å². The molecular weight excluding hydrogens is 492 g/mol. The molecule has 2 aromatic heterocycles. The predicted molar refractivity (Wildman–Crippen MR) is 145 cm³/mol. The summed E-state index contributed by atoms with van der Waals surface area (Å²) in [7, 11) is 0. The second-order valence-electron chi connectivity index (χ2n) is 8.92. The molecule has 0 atom stereocenters. The first-order valence-electron chi connectivity index (χ1n) is 12.5. The SMILES string of the molecule is OCCN1CCN(c2ccc3cc2COC/C=C/CCOc2cc(ccn2)-c2nc(ncc2Cl)N3)CC1. The summed E-state index contributed by atoms with van der Waals surface area (Å²) in [6, 6.07) is 9.94. The van der Waals surface area contributed by atoms with E-state index in [4.69, 9.17) is 21.1 Å². The highest BCUT2D eigenvalue weighted by atomic mass is 35.5. The standard InChI is InChI=1S/C27H31ClN6O3/c28-23-18-30-27-31-22-4-5-24(34-10-8-33(9-11-34)12-13-35)21(16-22)19-36-14-2-1-3-15-37-25-17-20(6-7-29-25)26(23)32-27/h1-2,4-7,16-18,35H,3,8-15,19H2,(H,30,31,32)/b2-1+. The summed E-state index contributed by atoms with van der Waals surface area (Å²) < 4.78 is 11.8. The van der Waals surface area contributed by atoms with Crippen molar-refractivity contribution >= 4 is 28.9 Å². The molecule has 10 heteroatoms. The zero-order valence-electron chi connectivity index (χ0n) is 20.6. The Morgan fingerprint density at radius 2 is 1.95 bits per heavy atom. The minimum absolute atomic E-state index is 0.190. The number of anilines is 3. The van der Waals surface area contributed by atoms with Crippen molar-refractivity contribution in [3.8, 4) is 17.1 Å². The van der Waals surface area contributed by atoms with Gasteiger partial charge in [-0.05, 0) is 30.7 Å². The maximum absolute atomic E-state index is 9.26. The second kappa shape index (κ2) is 12.3. The normalized spacial score (nSPS) is 17.7. The third-order valence-corrected chi connectivity index (χ3v) is 6.67. The van der Waals surface area contributed by atoms with Crippen molar-refractivity contribution in [3.05, 3.63) is 65.5 Å². The van der Waals surface area contributed by atoms with Crippen LogP contribution in [0.3, 0.4) is 0 Å². The number of β-amino-alcohol motifs (C(OH)–C–C–N with tert-alkyl or cyclic N) is 1. The number of aliphatic hydroxyl groups is 1. The third-order valence-electron chi connectivity index (χ3n) is 6.39. The highest BCUT2D eigenvalue weighted by molar-refractivity contribution is 6.32. The van der Waals surface area contributed by atoms with Gasteiger partial charge in [-0.1, -0.05) is 23.8 Å². The number of piperazine rings is 1. The van der Waals surface area contributed by atoms with Crippen molar-refractivity contribution in [2.75, 3.05) is 62.8 Å². The first kappa shape index (κ1) is 25.4. The minimum Gasteiger partial charge on any atom is -0.477 e. The zero-order chi connectivity index (χ0) is 25.5. The summed E-state index contributed by atoms with van der Waals surface area (Å²) in [6.07, 6.45) is 8.11. The highest BCUT2D eigenvalue weighted by Crippen LogP contribution is 2.31. The largest absolute Gasteiger partial charge is 0.477 e. The van der Waals surface area contributed by atoms with Gasteiger partial charge in [0.25, 0.3) is 0 Å². The lowest BCUT2D eigenvalue weighted by Crippen LogP contribution is -2.47. The summed E-state index contributed by atoms with van der Waals surface area (Å²) in [6.45, 7) is 6.04. The van der Waals surface area contributed by atoms with E-state index in [0.717, 1.165) is 55.1 Å². The van der Waals surface area contributed by atoms with E-state index in [9.17, 15) is 5.11 Å². The van der Waals surface area contributed by atoms with Crippen LogP contribution in [0, 0.1) is 0 Å². The molecule has 0 unspecified atom stereocenters. The van der Waals surface area contributed by atoms with E-state index in [-0.39, 0.29) is 6.61 Å². The lowest BCUT2D eigenvalue weighted by Gasteiger charge is -2.36. The molecule has 9 nitrogen and oxygen atoms in total. The number of pyridine rings is 1. The van der Waals surface area contributed by atoms with Crippen molar-refractivity contribution in [3.63, 3.8) is 0 Å². The fourth-order valence-electron chi connectivity index (χ4n) is 4.49. The van der Waals surface area contributed by atoms with Crippen molar-refractivity contribution < 1.29 is 14.6 Å². The molecular formula is C27H31ClN6O3. The van der Waals surface area contributed by atoms with Gasteiger partial charge in [0.05, 0.1) is 43.3 Å². The van der Waals surface area contributed by atoms with E-state index in [0.29, 0.717) is 48.9 Å². The Balaban J connectivity index is 1.44. The van der Waals surface area contributed by atoms with Gasteiger partial charge in [0.2, 0.25) is 11.8 Å². The number of rotatable bonds is 3. The zero-order valence-corrected chi connectivity index (χ0v) is 21.4. The van der Waals surface area contributed by atoms with Crippen LogP contribution in [-0.2, 0) is 11.3 Å². The first-order valence-corrected chi connectivity index (χ1v) is 12.9. The molecule has 1 aromatic carbocycles. The van der Waals surface area contributed by atoms with E-state index in [2.05, 4.69) is 48.3 Å². The third kappa shape index (κ3) is 6.56. The topological polar surface area (TPSA) is 95.9 Å². The van der Waals surface area contributed by atoms with Crippen molar-refractivity contribution in [2.24, 2.45) is 0 Å². The molecule has 6 bridgehead atoms. The number of nitrogens with zero attached hydrogens (tertiary/aromatic N) is 5. The van der Waals surface area contributed by atoms with Gasteiger partial charge >= 0.3 is 0 Å². The molecule has 5 rings (SSSR count). The number of benzene rings is 1. The molecule has 37 heavy (non-hydrogen) atoms. The summed E-state index contributed by atoms with van der Waals surface area (Å²) in [5.41, 5.74) is 4.52. The summed E-state index contributed by atoms with van der Waals surface area (Å²) >= 11 is 6.46. The molecule has 2 aliphatic heterocycles. The van der Waals surface area contributed by atoms with Crippen LogP contribution in [0.25, 0.3) is 11.3 Å². The summed E-state index contributed by atoms with van der Waals surface area (Å²) in [5.74, 6) is 0.963. The molecule has 2 N–H and O–H groups in total. The van der Waals surface area contributed by atoms with Crippen LogP contribution in [0.15, 0.2) is 54.9 Å². The molecule has 0 saturated carbocycles. The Kier molecular flexibility index (Phi) is 8.47. The monoisotopic (exact) mass is 522 g/mol. The number of nitrogens with one attached hydrogen (secondary N) is 1. The van der Waals surface area contributed by atoms with Gasteiger partial charge in [0.15, 0.2) is 0 Å². The van der Waals surface area contributed by atoms with E-state index in [1.165, 1.54) is 0 Å². The van der Waals surface area contributed by atoms with E-state index < -0.39 is 0 Å². The van der Waals surface area contributed by atoms with E-state index in [1.807, 2.05) is 24.3 Å². The maximum Gasteiger partial charge on any atom is 0.227 e. The van der Waals surface area contributed by atoms with Crippen LogP contribution in [0.1, 0.15) is 12.0 Å². The molecule has 0 aliphatic carbocycles. The summed E-state index contributed by atoms with van der Waals surface area (Å²) in [4.78, 5) is 18.0. The molecule has 0 radical (unpaired) electrons. The van der Waals surface area contributed by atoms with Gasteiger partial charge in [-0.15, -0.1) is 0 Å². The number of hydrogen-bond donors (Lipinski definition) is 2. The Labute approximate surface area is 221 Å². The van der Waals surface area contributed by atoms with Gasteiger partial charge in [-0.3, -0.25) is 4.90 Å². The molecule has 194 valence electrons. The lowest BCUT2D eigenvalue weighted by atomic mass is 10.1. The fraction of sp³-hybridized carbons (Fsp3) is 0.370. The van der Waals surface area contributed by atoms with Crippen molar-refractivity contribution in [1.82, 2.24) is 19.9 Å². The number of fused-ring (bicyclic) bond motifs is 7. The van der Waals surface area contributed by atoms with Crippen LogP contribution in [0.5, 0.6) is 5.88 Å². The Morgan fingerprint density at radius 1 is 1.05 bits per heavy atom. The molecule has 1 fully saturated rings. The predicted octanol–water partition coefficient (Wildman–Crippen LogP) is 3.91. The Bertz CT molecular complexity index is 1230. The number of hydrogen-bond acceptors (Lipinski definition) is 9. The van der Waals surface area contributed by atoms with Gasteiger partial charge in [-0.2, -0.15) is 0 Å². The van der Waals surface area contributed by atoms with Crippen LogP contribution in [0.2, 0.25) is 5.02 Å². The number of aliphatic hydroxyl groups excluding tert-OH is 1. The van der Waals surface area contributed by atoms with Crippen LogP contribution in [-0.4, -0.2) is 77.5 Å². The van der Waals surface area contributed by atoms with E-state index >= 15 is 0 Å². The number of ether oxygens (including phenoxy) is 2. The smallest absolute Gasteiger partial charge is 0.227 e. The molecule has 2 aliphatic rings. The molecule has 0 amide bonds. The average Bonchev–Trinajstić information content (AvgIpc) is 2.92. The first-order chi connectivity index (χ1) is 18.2. The highest BCUT2D eigenvalue weighted by Gasteiger charge is 2.19. The van der Waals surface area contributed by atoms with Gasteiger partial charge < -0.3 is 24.8 Å². The van der Waals surface area contributed by atoms with Crippen LogP contribution in [0.4, 0.5) is 17.3 Å². The second-order valence-corrected chi connectivity index (χ2v) is 9.32. The number of aromatic nitrogens is 3. The van der Waals surface area contributed by atoms with Crippen LogP contribution < -0.4 is 15.0 Å². The molecule has 4 heterocycles. The van der Waals surface area contributed by atoms with Crippen LogP contribution >= 0.6 is 11.6 Å². The maximum atomic E-state index is 9.26. The van der Waals surface area contributed by atoms with Gasteiger partial charge in [0.1, 0.15) is 0 Å². The fourth-order valence-corrected chi connectivity index (χ4v) is 4.69. The molecule has 0 spiro atoms. The molecule has 1 saturated heterocycles. The Morgan fingerprint density at radius 3 is 2.81 bits per heavy atom. The van der Waals surface area contributed by atoms with Crippen molar-refractivity contribution in [2.45, 2.75) is 13.0 Å². The number of halogens is 1. The minimum atomic E-state index is 0.190. The summed E-state index contributed by atoms with van der Waals surface area (Å²) in [5, 5.41) is 13.0. The van der Waals surface area contributed by atoms with Crippen molar-refractivity contribution in [1.29, 1.82) is 0 Å². The quantitative estimate of drug-likeness (QED) is 0.496. The van der Waals surface area contributed by atoms with E-state index in [1.54, 1.807) is 12.4 Å². The Hall–Kier alpha value is -3.24. The lowest BCUT2D eigenvalue weighted by molar-refractivity contribution is 0.148. The average molecular weight is 523 g/mol. The molecule has 3 aromatic rings.